The zero-order chi connectivity index (χ0) is 48.0. The van der Waals surface area contributed by atoms with Crippen LogP contribution in [0.5, 0.6) is 0 Å². The van der Waals surface area contributed by atoms with E-state index in [4.69, 9.17) is 0 Å². The van der Waals surface area contributed by atoms with Gasteiger partial charge in [0.2, 0.25) is 0 Å². The highest BCUT2D eigenvalue weighted by atomic mass is 28.3. The Morgan fingerprint density at radius 2 is 0.681 bits per heavy atom. The van der Waals surface area contributed by atoms with Crippen LogP contribution in [0.1, 0.15) is 47.2 Å². The maximum atomic E-state index is 2.50. The van der Waals surface area contributed by atoms with Gasteiger partial charge in [0.05, 0.1) is 0 Å². The van der Waals surface area contributed by atoms with Gasteiger partial charge in [-0.05, 0) is 149 Å². The van der Waals surface area contributed by atoms with Crippen molar-refractivity contribution in [3.05, 3.63) is 306 Å². The zero-order valence-electron chi connectivity index (χ0n) is 40.4. The predicted molar refractivity (Wildman–Crippen MR) is 304 cm³/mol. The summed E-state index contributed by atoms with van der Waals surface area (Å²) in [7, 11) is -2.65. The fourth-order valence-corrected chi connectivity index (χ4v) is 18.5. The molecule has 0 bridgehead atoms. The lowest BCUT2D eigenvalue weighted by molar-refractivity contribution is 0.713. The molecule has 0 fully saturated rings. The van der Waals surface area contributed by atoms with Crippen molar-refractivity contribution in [2.24, 2.45) is 0 Å². The van der Waals surface area contributed by atoms with Crippen LogP contribution in [0.15, 0.2) is 273 Å². The van der Waals surface area contributed by atoms with Crippen LogP contribution in [0.3, 0.4) is 0 Å². The lowest BCUT2D eigenvalue weighted by Gasteiger charge is -2.32. The first kappa shape index (κ1) is 42.3. The third-order valence-corrected chi connectivity index (χ3v) is 21.6. The molecule has 2 heteroatoms. The molecule has 0 N–H and O–H groups in total. The van der Waals surface area contributed by atoms with Gasteiger partial charge >= 0.3 is 0 Å². The van der Waals surface area contributed by atoms with Crippen molar-refractivity contribution < 1.29 is 0 Å². The Morgan fingerprint density at radius 1 is 0.278 bits per heavy atom. The van der Waals surface area contributed by atoms with E-state index >= 15 is 0 Å². The van der Waals surface area contributed by atoms with Crippen LogP contribution in [0, 0.1) is 0 Å². The van der Waals surface area contributed by atoms with Gasteiger partial charge < -0.3 is 4.90 Å². The van der Waals surface area contributed by atoms with Gasteiger partial charge in [0.15, 0.2) is 8.07 Å². The van der Waals surface area contributed by atoms with Crippen molar-refractivity contribution in [2.75, 3.05) is 4.90 Å². The van der Waals surface area contributed by atoms with E-state index in [1.54, 1.807) is 0 Å². The molecule has 0 aromatic heterocycles. The summed E-state index contributed by atoms with van der Waals surface area (Å²) in [4.78, 5) is 2.49. The van der Waals surface area contributed by atoms with Crippen molar-refractivity contribution in [3.63, 3.8) is 0 Å². The summed E-state index contributed by atoms with van der Waals surface area (Å²) < 4.78 is 0. The highest BCUT2D eigenvalue weighted by molar-refractivity contribution is 7.22. The van der Waals surface area contributed by atoms with Crippen LogP contribution in [0.4, 0.5) is 17.1 Å². The maximum absolute atomic E-state index is 2.65. The molecular formula is C70H51NSi. The van der Waals surface area contributed by atoms with Gasteiger partial charge in [-0.1, -0.05) is 237 Å². The summed E-state index contributed by atoms with van der Waals surface area (Å²) in [6.45, 7) is 4.82. The molecule has 0 saturated carbocycles. The fraction of sp³-hybridized carbons (Fsp3) is 0.0571. The molecule has 340 valence electrons. The summed E-state index contributed by atoms with van der Waals surface area (Å²) in [5, 5.41) is 5.73. The second kappa shape index (κ2) is 16.2. The third kappa shape index (κ3) is 6.00. The van der Waals surface area contributed by atoms with E-state index in [0.29, 0.717) is 0 Å². The first-order valence-electron chi connectivity index (χ1n) is 25.3. The van der Waals surface area contributed by atoms with Gasteiger partial charge in [-0.15, -0.1) is 0 Å². The topological polar surface area (TPSA) is 3.24 Å². The van der Waals surface area contributed by atoms with E-state index in [2.05, 4.69) is 292 Å². The predicted octanol–water partition coefficient (Wildman–Crippen LogP) is 14.9. The molecule has 1 heterocycles. The van der Waals surface area contributed by atoms with E-state index in [0.717, 1.165) is 17.1 Å². The monoisotopic (exact) mass is 933 g/mol. The molecule has 2 unspecified atom stereocenters. The molecule has 0 spiro atoms. The van der Waals surface area contributed by atoms with E-state index in [9.17, 15) is 0 Å². The largest absolute Gasteiger partial charge is 0.310 e. The molecule has 2 aliphatic carbocycles. The van der Waals surface area contributed by atoms with E-state index in [-0.39, 0.29) is 10.8 Å². The fourth-order valence-electron chi connectivity index (χ4n) is 13.3. The number of nitrogens with zero attached hydrogens (tertiary/aromatic N) is 1. The Bertz CT molecular complexity index is 3710. The Labute approximate surface area is 424 Å². The number of rotatable bonds is 8. The quantitative estimate of drug-likeness (QED) is 0.137. The zero-order valence-corrected chi connectivity index (χ0v) is 41.4. The first-order valence-corrected chi connectivity index (χ1v) is 27.3. The minimum Gasteiger partial charge on any atom is -0.310 e. The average Bonchev–Trinajstić information content (AvgIpc) is 4.01. The van der Waals surface area contributed by atoms with Gasteiger partial charge in [-0.3, -0.25) is 0 Å². The highest BCUT2D eigenvalue weighted by Crippen LogP contribution is 2.56. The van der Waals surface area contributed by atoms with Crippen molar-refractivity contribution in [1.29, 1.82) is 0 Å². The van der Waals surface area contributed by atoms with Crippen LogP contribution in [-0.4, -0.2) is 8.07 Å². The Kier molecular flexibility index (Phi) is 9.55. The molecule has 3 aliphatic rings. The molecule has 1 nitrogen and oxygen atoms in total. The van der Waals surface area contributed by atoms with Crippen LogP contribution in [0.2, 0.25) is 0 Å². The van der Waals surface area contributed by atoms with Crippen molar-refractivity contribution >= 4 is 45.9 Å². The van der Waals surface area contributed by atoms with Gasteiger partial charge in [-0.25, -0.2) is 0 Å². The van der Waals surface area contributed by atoms with Crippen LogP contribution in [0.25, 0.3) is 44.5 Å². The second-order valence-corrected chi connectivity index (χ2v) is 23.9. The number of benzene rings is 11. The van der Waals surface area contributed by atoms with Crippen molar-refractivity contribution in [1.82, 2.24) is 0 Å². The minimum atomic E-state index is -2.65. The molecule has 1 aliphatic heterocycles. The normalized spacial score (nSPS) is 17.2. The third-order valence-electron chi connectivity index (χ3n) is 16.7. The lowest BCUT2D eigenvalue weighted by Crippen LogP contribution is -2.72. The number of hydrogen-bond acceptors (Lipinski definition) is 1. The SMILES string of the molecule is CC1(c2ccccc2)c2ccccc2-c2ccc(N(c3ccc(-c4cccc([Si]5(c6ccccc6)c6ccccc6-c6ccccc65)c4)cc3)c3ccc4c(c3)C(C)(c3ccccc3)c3ccccc3-4)cc21. The van der Waals surface area contributed by atoms with Gasteiger partial charge in [0.25, 0.3) is 0 Å². The molecular weight excluding hydrogens is 883 g/mol. The van der Waals surface area contributed by atoms with E-state index in [1.807, 2.05) is 0 Å². The van der Waals surface area contributed by atoms with Gasteiger partial charge in [0.1, 0.15) is 0 Å². The summed E-state index contributed by atoms with van der Waals surface area (Å²) in [5.74, 6) is 0. The Morgan fingerprint density at radius 3 is 1.19 bits per heavy atom. The Hall–Kier alpha value is -8.56. The lowest BCUT2D eigenvalue weighted by atomic mass is 9.74. The second-order valence-electron chi connectivity index (χ2n) is 20.2. The number of hydrogen-bond donors (Lipinski definition) is 0. The van der Waals surface area contributed by atoms with Crippen molar-refractivity contribution in [3.8, 4) is 44.5 Å². The molecule has 72 heavy (non-hydrogen) atoms. The van der Waals surface area contributed by atoms with E-state index in [1.165, 1.54) is 98.6 Å². The Balaban J connectivity index is 0.938. The van der Waals surface area contributed by atoms with Crippen LogP contribution < -0.4 is 25.6 Å². The van der Waals surface area contributed by atoms with Gasteiger partial charge in [-0.2, -0.15) is 0 Å². The number of fused-ring (bicyclic) bond motifs is 9. The minimum absolute atomic E-state index is 0.337. The summed E-state index contributed by atoms with van der Waals surface area (Å²) in [5.41, 5.74) is 20.9. The average molecular weight is 934 g/mol. The molecule has 11 aromatic carbocycles. The first-order chi connectivity index (χ1) is 35.5. The molecule has 2 atom stereocenters. The molecule has 0 radical (unpaired) electrons. The van der Waals surface area contributed by atoms with Gasteiger partial charge in [0, 0.05) is 27.9 Å². The molecule has 14 rings (SSSR count). The number of anilines is 3. The molecule has 11 aromatic rings. The van der Waals surface area contributed by atoms with E-state index < -0.39 is 8.07 Å². The van der Waals surface area contributed by atoms with Crippen molar-refractivity contribution in [2.45, 2.75) is 24.7 Å². The summed E-state index contributed by atoms with van der Waals surface area (Å²) >= 11 is 0. The van der Waals surface area contributed by atoms with Crippen LogP contribution in [-0.2, 0) is 10.8 Å². The smallest absolute Gasteiger partial charge is 0.180 e. The molecule has 0 amide bonds. The molecule has 0 saturated heterocycles. The van der Waals surface area contributed by atoms with Crippen LogP contribution >= 0.6 is 0 Å². The maximum Gasteiger partial charge on any atom is 0.180 e. The summed E-state index contributed by atoms with van der Waals surface area (Å²) in [6.07, 6.45) is 0. The standard InChI is InChI=1S/C70H51NSi/c1-69(50-22-6-3-7-23-50)63-33-16-12-29-57(63)59-43-41-53(46-65(59)69)71(54-42-44-60-58-30-13-17-34-64(58)70(2,66(60)47-54)51-24-8-4-9-25-51)52-39-37-48(38-40-52)49-21-20-28-56(45-49)72(55-26-10-5-11-27-55)67-35-18-14-31-61(67)62-32-15-19-36-68(62)72/h3-47H,1-2H3. The summed E-state index contributed by atoms with van der Waals surface area (Å²) in [6, 6.07) is 103. The highest BCUT2D eigenvalue weighted by Gasteiger charge is 2.49.